The van der Waals surface area contributed by atoms with Gasteiger partial charge in [0.05, 0.1) is 5.69 Å². The van der Waals surface area contributed by atoms with Gasteiger partial charge in [-0.05, 0) is 83.8 Å². The second kappa shape index (κ2) is 9.02. The average molecular weight is 464 g/mol. The first-order valence-corrected chi connectivity index (χ1v) is 12.5. The van der Waals surface area contributed by atoms with E-state index in [1.165, 1.54) is 60.7 Å². The molecule has 0 N–H and O–H groups in total. The Balaban J connectivity index is 1.69. The largest absolute Gasteiger partial charge is 0.310 e. The number of benzene rings is 6. The molecule has 0 aliphatic heterocycles. The van der Waals surface area contributed by atoms with Crippen molar-refractivity contribution < 1.29 is 0 Å². The van der Waals surface area contributed by atoms with Crippen molar-refractivity contribution in [3.63, 3.8) is 0 Å². The highest BCUT2D eigenvalue weighted by molar-refractivity contribution is 6.06. The molecule has 0 fully saturated rings. The number of rotatable bonds is 4. The zero-order chi connectivity index (χ0) is 24.6. The molecule has 174 valence electrons. The van der Waals surface area contributed by atoms with Gasteiger partial charge in [0, 0.05) is 16.9 Å². The van der Waals surface area contributed by atoms with Crippen molar-refractivity contribution in [3.8, 4) is 11.1 Å². The molecule has 0 aliphatic rings. The van der Waals surface area contributed by atoms with Gasteiger partial charge in [-0.2, -0.15) is 0 Å². The van der Waals surface area contributed by atoms with Crippen LogP contribution in [0.3, 0.4) is 0 Å². The highest BCUT2D eigenvalue weighted by Crippen LogP contribution is 2.45. The third kappa shape index (κ3) is 3.93. The summed E-state index contributed by atoms with van der Waals surface area (Å²) < 4.78 is 0. The van der Waals surface area contributed by atoms with Crippen LogP contribution in [0.25, 0.3) is 32.7 Å². The quantitative estimate of drug-likeness (QED) is 0.251. The molecule has 0 aromatic heterocycles. The minimum atomic E-state index is 1.16. The van der Waals surface area contributed by atoms with E-state index in [-0.39, 0.29) is 0 Å². The van der Waals surface area contributed by atoms with Gasteiger partial charge in [-0.25, -0.2) is 0 Å². The van der Waals surface area contributed by atoms with Crippen LogP contribution < -0.4 is 4.90 Å². The second-order valence-electron chi connectivity index (χ2n) is 9.70. The molecule has 6 aromatic carbocycles. The number of fused-ring (bicyclic) bond motifs is 2. The van der Waals surface area contributed by atoms with Crippen LogP contribution in [0.1, 0.15) is 16.7 Å². The molecule has 1 nitrogen and oxygen atoms in total. The minimum absolute atomic E-state index is 1.16. The molecule has 0 atom stereocenters. The number of anilines is 3. The fourth-order valence-electron chi connectivity index (χ4n) is 5.25. The molecule has 1 heteroatoms. The molecule has 36 heavy (non-hydrogen) atoms. The van der Waals surface area contributed by atoms with E-state index in [0.717, 1.165) is 5.69 Å². The first kappa shape index (κ1) is 22.1. The molecular formula is C35H29N. The monoisotopic (exact) mass is 463 g/mol. The van der Waals surface area contributed by atoms with E-state index < -0.39 is 0 Å². The summed E-state index contributed by atoms with van der Waals surface area (Å²) in [5.74, 6) is 0. The molecule has 6 aromatic rings. The third-order valence-electron chi connectivity index (χ3n) is 7.07. The van der Waals surface area contributed by atoms with Crippen LogP contribution in [0, 0.1) is 20.8 Å². The lowest BCUT2D eigenvalue weighted by Crippen LogP contribution is -2.13. The minimum Gasteiger partial charge on any atom is -0.310 e. The van der Waals surface area contributed by atoms with Gasteiger partial charge in [-0.15, -0.1) is 0 Å². The Kier molecular flexibility index (Phi) is 5.54. The molecule has 0 spiro atoms. The fourth-order valence-corrected chi connectivity index (χ4v) is 5.25. The van der Waals surface area contributed by atoms with Gasteiger partial charge < -0.3 is 4.90 Å². The van der Waals surface area contributed by atoms with Crippen molar-refractivity contribution in [2.24, 2.45) is 0 Å². The van der Waals surface area contributed by atoms with Gasteiger partial charge in [-0.1, -0.05) is 102 Å². The summed E-state index contributed by atoms with van der Waals surface area (Å²) in [6.07, 6.45) is 0. The van der Waals surface area contributed by atoms with Gasteiger partial charge in [-0.3, -0.25) is 0 Å². The Morgan fingerprint density at radius 3 is 1.89 bits per heavy atom. The molecule has 0 radical (unpaired) electrons. The summed E-state index contributed by atoms with van der Waals surface area (Å²) in [4.78, 5) is 2.42. The van der Waals surface area contributed by atoms with Crippen LogP contribution in [-0.4, -0.2) is 0 Å². The normalized spacial score (nSPS) is 11.2. The second-order valence-corrected chi connectivity index (χ2v) is 9.70. The number of hydrogen-bond acceptors (Lipinski definition) is 1. The van der Waals surface area contributed by atoms with Crippen LogP contribution in [0.15, 0.2) is 121 Å². The third-order valence-corrected chi connectivity index (χ3v) is 7.07. The predicted molar refractivity (Wildman–Crippen MR) is 156 cm³/mol. The molecule has 0 amide bonds. The molecule has 0 bridgehead atoms. The Morgan fingerprint density at radius 1 is 0.472 bits per heavy atom. The summed E-state index contributed by atoms with van der Waals surface area (Å²) in [6, 6.07) is 44.3. The lowest BCUT2D eigenvalue weighted by molar-refractivity contribution is 1.24. The van der Waals surface area contributed by atoms with E-state index in [1.807, 2.05) is 0 Å². The van der Waals surface area contributed by atoms with Crippen LogP contribution >= 0.6 is 0 Å². The Morgan fingerprint density at radius 2 is 1.11 bits per heavy atom. The van der Waals surface area contributed by atoms with Crippen LogP contribution in [0.5, 0.6) is 0 Å². The van der Waals surface area contributed by atoms with Crippen molar-refractivity contribution in [2.75, 3.05) is 4.90 Å². The maximum Gasteiger partial charge on any atom is 0.0546 e. The standard InChI is InChI=1S/C35H29N/c1-24-12-18-31(19-13-24)36(33-20-14-25(2)22-26(33)3)34-21-17-28-9-6-7-11-32(28)35(34)30-16-15-27-8-4-5-10-29(27)23-30/h4-23H,1-3H3. The van der Waals surface area contributed by atoms with E-state index >= 15 is 0 Å². The first-order valence-electron chi connectivity index (χ1n) is 12.5. The van der Waals surface area contributed by atoms with Crippen LogP contribution in [0.2, 0.25) is 0 Å². The van der Waals surface area contributed by atoms with Gasteiger partial charge in [0.1, 0.15) is 0 Å². The summed E-state index contributed by atoms with van der Waals surface area (Å²) in [6.45, 7) is 6.51. The van der Waals surface area contributed by atoms with E-state index in [9.17, 15) is 0 Å². The van der Waals surface area contributed by atoms with Crippen molar-refractivity contribution in [3.05, 3.63) is 138 Å². The average Bonchev–Trinajstić information content (AvgIpc) is 2.90. The lowest BCUT2D eigenvalue weighted by atomic mass is 9.93. The maximum absolute atomic E-state index is 2.42. The van der Waals surface area contributed by atoms with Crippen molar-refractivity contribution >= 4 is 38.6 Å². The molecular weight excluding hydrogens is 434 g/mol. The van der Waals surface area contributed by atoms with Crippen molar-refractivity contribution in [1.29, 1.82) is 0 Å². The summed E-state index contributed by atoms with van der Waals surface area (Å²) in [5, 5.41) is 5.01. The highest BCUT2D eigenvalue weighted by atomic mass is 15.1. The molecule has 0 saturated carbocycles. The van der Waals surface area contributed by atoms with E-state index in [4.69, 9.17) is 0 Å². The fraction of sp³-hybridized carbons (Fsp3) is 0.0857. The lowest BCUT2D eigenvalue weighted by Gasteiger charge is -2.30. The SMILES string of the molecule is Cc1ccc(N(c2ccc(C)cc2C)c2ccc3ccccc3c2-c2ccc3ccccc3c2)cc1. The smallest absolute Gasteiger partial charge is 0.0546 e. The molecule has 0 aliphatic carbocycles. The molecule has 6 rings (SSSR count). The summed E-state index contributed by atoms with van der Waals surface area (Å²) in [7, 11) is 0. The van der Waals surface area contributed by atoms with Crippen molar-refractivity contribution in [2.45, 2.75) is 20.8 Å². The van der Waals surface area contributed by atoms with Crippen molar-refractivity contribution in [1.82, 2.24) is 0 Å². The predicted octanol–water partition coefficient (Wildman–Crippen LogP) is 10.1. The number of aryl methyl sites for hydroxylation is 3. The Labute approximate surface area is 213 Å². The molecule has 0 unspecified atom stereocenters. The van der Waals surface area contributed by atoms with E-state index in [0.29, 0.717) is 0 Å². The van der Waals surface area contributed by atoms with Gasteiger partial charge in [0.2, 0.25) is 0 Å². The Bertz CT molecular complexity index is 1710. The van der Waals surface area contributed by atoms with Crippen LogP contribution in [-0.2, 0) is 0 Å². The Hall–Kier alpha value is -4.36. The molecule has 0 heterocycles. The van der Waals surface area contributed by atoms with E-state index in [1.54, 1.807) is 0 Å². The van der Waals surface area contributed by atoms with Gasteiger partial charge in [0.25, 0.3) is 0 Å². The summed E-state index contributed by atoms with van der Waals surface area (Å²) in [5.41, 5.74) is 9.79. The highest BCUT2D eigenvalue weighted by Gasteiger charge is 2.20. The zero-order valence-electron chi connectivity index (χ0n) is 21.0. The molecule has 0 saturated heterocycles. The number of nitrogens with zero attached hydrogens (tertiary/aromatic N) is 1. The van der Waals surface area contributed by atoms with E-state index in [2.05, 4.69) is 147 Å². The zero-order valence-corrected chi connectivity index (χ0v) is 21.0. The van der Waals surface area contributed by atoms with Crippen LogP contribution in [0.4, 0.5) is 17.1 Å². The topological polar surface area (TPSA) is 3.24 Å². The first-order chi connectivity index (χ1) is 17.6. The van der Waals surface area contributed by atoms with Gasteiger partial charge in [0.15, 0.2) is 0 Å². The maximum atomic E-state index is 2.42. The summed E-state index contributed by atoms with van der Waals surface area (Å²) >= 11 is 0. The number of hydrogen-bond donors (Lipinski definition) is 0. The van der Waals surface area contributed by atoms with Gasteiger partial charge >= 0.3 is 0 Å².